The van der Waals surface area contributed by atoms with Gasteiger partial charge < -0.3 is 14.7 Å². The second-order valence-electron chi connectivity index (χ2n) is 4.44. The fourth-order valence-electron chi connectivity index (χ4n) is 2.14. The van der Waals surface area contributed by atoms with Gasteiger partial charge in [0.05, 0.1) is 0 Å². The minimum atomic E-state index is -4.52. The summed E-state index contributed by atoms with van der Waals surface area (Å²) in [6.45, 7) is 2.69. The van der Waals surface area contributed by atoms with Gasteiger partial charge in [0, 0.05) is 17.9 Å². The second-order valence-corrected chi connectivity index (χ2v) is 6.01. The molecule has 0 unspecified atom stereocenters. The van der Waals surface area contributed by atoms with Crippen LogP contribution in [-0.2, 0) is 4.57 Å². The van der Waals surface area contributed by atoms with E-state index in [0.717, 1.165) is 16.9 Å². The third-order valence-corrected chi connectivity index (χ3v) is 4.01. The Balaban J connectivity index is 2.43. The van der Waals surface area contributed by atoms with E-state index in [2.05, 4.69) is 0 Å². The van der Waals surface area contributed by atoms with Gasteiger partial charge in [0.1, 0.15) is 11.4 Å². The van der Waals surface area contributed by atoms with E-state index < -0.39 is 12.9 Å². The molecule has 0 spiro atoms. The molecule has 5 nitrogen and oxygen atoms in total. The lowest BCUT2D eigenvalue weighted by atomic mass is 10.1. The van der Waals surface area contributed by atoms with Crippen molar-refractivity contribution in [1.82, 2.24) is 0 Å². The minimum Gasteiger partial charge on any atom is -0.341 e. The molecule has 6 heteroatoms. The van der Waals surface area contributed by atoms with Crippen molar-refractivity contribution in [3.05, 3.63) is 59.1 Å². The quantitative estimate of drug-likeness (QED) is 0.662. The fraction of sp³-hybridized carbons (Fsp3) is 0.133. The van der Waals surface area contributed by atoms with Crippen molar-refractivity contribution in [1.29, 1.82) is 5.26 Å². The summed E-state index contributed by atoms with van der Waals surface area (Å²) in [7, 11) is -4.52. The summed E-state index contributed by atoms with van der Waals surface area (Å²) in [5, 5.41) is 8.26. The molecule has 1 aliphatic heterocycles. The lowest BCUT2D eigenvalue weighted by Crippen LogP contribution is -2.23. The predicted octanol–water partition coefficient (Wildman–Crippen LogP) is 3.01. The normalized spacial score (nSPS) is 16.8. The van der Waals surface area contributed by atoms with Crippen LogP contribution in [0.3, 0.4) is 0 Å². The summed E-state index contributed by atoms with van der Waals surface area (Å²) in [6, 6.07) is 9.41. The standard InChI is InChI=1S/C15H15N2O3P/c1-2-17-13(9-10-14(11-16)21(18,19)20)8-7-12-5-3-4-6-15(12)17/h3-10H,2H2,1H3,(H2,18,19,20)/b13-9+,14-10+. The number of hydrogen-bond donors (Lipinski definition) is 2. The zero-order valence-corrected chi connectivity index (χ0v) is 12.4. The molecule has 21 heavy (non-hydrogen) atoms. The third-order valence-electron chi connectivity index (χ3n) is 3.13. The molecule has 1 heterocycles. The van der Waals surface area contributed by atoms with E-state index in [1.807, 2.05) is 48.2 Å². The number of likely N-dealkylation sites (N-methyl/N-ethyl adjacent to an activating group) is 1. The van der Waals surface area contributed by atoms with Crippen molar-refractivity contribution >= 4 is 19.4 Å². The summed E-state index contributed by atoms with van der Waals surface area (Å²) in [5.41, 5.74) is 2.88. The van der Waals surface area contributed by atoms with Crippen LogP contribution in [0.15, 0.2) is 53.5 Å². The first-order chi connectivity index (χ1) is 9.97. The topological polar surface area (TPSA) is 84.6 Å². The Labute approximate surface area is 123 Å². The van der Waals surface area contributed by atoms with E-state index in [1.54, 1.807) is 12.1 Å². The summed E-state index contributed by atoms with van der Waals surface area (Å²) < 4.78 is 11.1. The zero-order valence-electron chi connectivity index (χ0n) is 11.5. The summed E-state index contributed by atoms with van der Waals surface area (Å²) in [6.07, 6.45) is 6.52. The smallest absolute Gasteiger partial charge is 0.341 e. The highest BCUT2D eigenvalue weighted by Crippen LogP contribution is 2.44. The Hall–Kier alpha value is -2.12. The molecule has 0 fully saturated rings. The van der Waals surface area contributed by atoms with Crippen LogP contribution in [0.2, 0.25) is 0 Å². The van der Waals surface area contributed by atoms with Crippen LogP contribution in [0.25, 0.3) is 6.08 Å². The lowest BCUT2D eigenvalue weighted by Gasteiger charge is -2.29. The van der Waals surface area contributed by atoms with Crippen molar-refractivity contribution in [3.63, 3.8) is 0 Å². The molecule has 0 saturated carbocycles. The van der Waals surface area contributed by atoms with Crippen LogP contribution in [-0.4, -0.2) is 16.3 Å². The molecule has 1 aliphatic rings. The number of benzene rings is 1. The van der Waals surface area contributed by atoms with Crippen LogP contribution in [0.1, 0.15) is 12.5 Å². The molecule has 108 valence electrons. The van der Waals surface area contributed by atoms with Crippen molar-refractivity contribution in [2.24, 2.45) is 0 Å². The molecule has 0 atom stereocenters. The minimum absolute atomic E-state index is 0.543. The van der Waals surface area contributed by atoms with Gasteiger partial charge in [0.2, 0.25) is 0 Å². The van der Waals surface area contributed by atoms with Crippen molar-refractivity contribution in [2.45, 2.75) is 6.92 Å². The summed E-state index contributed by atoms with van der Waals surface area (Å²) in [4.78, 5) is 20.1. The maximum atomic E-state index is 11.1. The molecule has 0 saturated heterocycles. The van der Waals surface area contributed by atoms with Crippen LogP contribution in [0.4, 0.5) is 5.69 Å². The predicted molar refractivity (Wildman–Crippen MR) is 82.3 cm³/mol. The molecule has 0 radical (unpaired) electrons. The summed E-state index contributed by atoms with van der Waals surface area (Å²) in [5.74, 6) is 0. The molecule has 2 N–H and O–H groups in total. The number of rotatable bonds is 3. The Kier molecular flexibility index (Phi) is 4.44. The highest BCUT2D eigenvalue weighted by Gasteiger charge is 2.20. The van der Waals surface area contributed by atoms with E-state index >= 15 is 0 Å². The van der Waals surface area contributed by atoms with Gasteiger partial charge >= 0.3 is 7.60 Å². The number of nitrogens with zero attached hydrogens (tertiary/aromatic N) is 2. The first-order valence-corrected chi connectivity index (χ1v) is 8.01. The Morgan fingerprint density at radius 1 is 1.38 bits per heavy atom. The molecule has 1 aromatic carbocycles. The van der Waals surface area contributed by atoms with Crippen molar-refractivity contribution in [3.8, 4) is 6.07 Å². The van der Waals surface area contributed by atoms with E-state index in [4.69, 9.17) is 15.0 Å². The first kappa shape index (κ1) is 15.3. The van der Waals surface area contributed by atoms with E-state index in [0.29, 0.717) is 6.54 Å². The van der Waals surface area contributed by atoms with Gasteiger partial charge in [-0.3, -0.25) is 4.57 Å². The highest BCUT2D eigenvalue weighted by molar-refractivity contribution is 7.56. The zero-order chi connectivity index (χ0) is 15.5. The average Bonchev–Trinajstić information content (AvgIpc) is 2.46. The molecule has 1 aromatic rings. The van der Waals surface area contributed by atoms with Gasteiger partial charge in [-0.2, -0.15) is 5.26 Å². The van der Waals surface area contributed by atoms with Crippen LogP contribution >= 0.6 is 7.60 Å². The largest absolute Gasteiger partial charge is 0.366 e. The van der Waals surface area contributed by atoms with Gasteiger partial charge in [-0.15, -0.1) is 0 Å². The molecular weight excluding hydrogens is 287 g/mol. The Morgan fingerprint density at radius 3 is 2.71 bits per heavy atom. The molecule has 2 rings (SSSR count). The van der Waals surface area contributed by atoms with Gasteiger partial charge in [-0.1, -0.05) is 24.3 Å². The van der Waals surface area contributed by atoms with Gasteiger partial charge in [-0.25, -0.2) is 0 Å². The average molecular weight is 302 g/mol. The number of anilines is 1. The lowest BCUT2D eigenvalue weighted by molar-refractivity contribution is 0.384. The first-order valence-electron chi connectivity index (χ1n) is 6.40. The van der Waals surface area contributed by atoms with Gasteiger partial charge in [0.25, 0.3) is 0 Å². The molecular formula is C15H15N2O3P. The van der Waals surface area contributed by atoms with Crippen molar-refractivity contribution < 1.29 is 14.4 Å². The molecule has 0 aliphatic carbocycles. The molecule has 0 aromatic heterocycles. The number of allylic oxidation sites excluding steroid dienone is 4. The Bertz CT molecular complexity index is 723. The van der Waals surface area contributed by atoms with E-state index in [9.17, 15) is 4.57 Å². The SMILES string of the molecule is CCN1/C(=C/C=C(\C#N)P(=O)(O)O)C=Cc2ccccc21. The Morgan fingerprint density at radius 2 is 2.10 bits per heavy atom. The maximum Gasteiger partial charge on any atom is 0.366 e. The van der Waals surface area contributed by atoms with Gasteiger partial charge in [-0.05, 0) is 36.8 Å². The number of hydrogen-bond acceptors (Lipinski definition) is 3. The highest BCUT2D eigenvalue weighted by atomic mass is 31.2. The molecule has 0 amide bonds. The fourth-order valence-corrected chi connectivity index (χ4v) is 2.54. The second kappa shape index (κ2) is 6.11. The monoisotopic (exact) mass is 302 g/mol. The van der Waals surface area contributed by atoms with E-state index in [-0.39, 0.29) is 0 Å². The van der Waals surface area contributed by atoms with E-state index in [1.165, 1.54) is 6.08 Å². The number of fused-ring (bicyclic) bond motifs is 1. The van der Waals surface area contributed by atoms with Crippen LogP contribution in [0.5, 0.6) is 0 Å². The number of para-hydroxylation sites is 1. The summed E-state index contributed by atoms with van der Waals surface area (Å²) >= 11 is 0. The van der Waals surface area contributed by atoms with Crippen LogP contribution < -0.4 is 4.90 Å². The van der Waals surface area contributed by atoms with Crippen LogP contribution in [0, 0.1) is 11.3 Å². The number of nitriles is 1. The maximum absolute atomic E-state index is 11.1. The third kappa shape index (κ3) is 3.32. The molecule has 0 bridgehead atoms. The van der Waals surface area contributed by atoms with Crippen molar-refractivity contribution in [2.75, 3.05) is 11.4 Å². The van der Waals surface area contributed by atoms with Gasteiger partial charge in [0.15, 0.2) is 0 Å².